The first-order chi connectivity index (χ1) is 14.6. The van der Waals surface area contributed by atoms with Crippen molar-refractivity contribution in [1.82, 2.24) is 16.2 Å². The Hall–Kier alpha value is -3.65. The van der Waals surface area contributed by atoms with Gasteiger partial charge < -0.3 is 10.1 Å². The predicted octanol–water partition coefficient (Wildman–Crippen LogP) is 3.05. The van der Waals surface area contributed by atoms with Crippen molar-refractivity contribution in [3.05, 3.63) is 94.2 Å². The third kappa shape index (κ3) is 6.46. The van der Waals surface area contributed by atoms with Crippen LogP contribution in [0, 0.1) is 0 Å². The Kier molecular flexibility index (Phi) is 7.57. The van der Waals surface area contributed by atoms with Crippen LogP contribution in [0.4, 0.5) is 4.79 Å². The van der Waals surface area contributed by atoms with Crippen LogP contribution in [0.1, 0.15) is 20.8 Å². The molecule has 7 nitrogen and oxygen atoms in total. The van der Waals surface area contributed by atoms with Crippen molar-refractivity contribution in [2.75, 3.05) is 0 Å². The third-order valence-electron chi connectivity index (χ3n) is 4.15. The summed E-state index contributed by atoms with van der Waals surface area (Å²) in [5.74, 6) is -0.983. The summed E-state index contributed by atoms with van der Waals surface area (Å²) in [6, 6.07) is 20.9. The number of rotatable bonds is 7. The molecular formula is C22H21N3O4S. The second-order valence-corrected chi connectivity index (χ2v) is 7.32. The summed E-state index contributed by atoms with van der Waals surface area (Å²) in [6.07, 6.45) is -0.485. The van der Waals surface area contributed by atoms with E-state index in [0.29, 0.717) is 4.88 Å². The molecule has 0 spiro atoms. The second kappa shape index (κ2) is 10.8. The Labute approximate surface area is 178 Å². The van der Waals surface area contributed by atoms with Crippen molar-refractivity contribution in [3.8, 4) is 0 Å². The highest BCUT2D eigenvalue weighted by Gasteiger charge is 2.23. The average Bonchev–Trinajstić information content (AvgIpc) is 3.32. The van der Waals surface area contributed by atoms with Crippen molar-refractivity contribution >= 4 is 29.2 Å². The van der Waals surface area contributed by atoms with Crippen LogP contribution in [0.25, 0.3) is 0 Å². The fraction of sp³-hybridized carbons (Fsp3) is 0.136. The van der Waals surface area contributed by atoms with Gasteiger partial charge >= 0.3 is 6.09 Å². The van der Waals surface area contributed by atoms with E-state index in [1.54, 1.807) is 17.5 Å². The molecule has 3 aromatic rings. The van der Waals surface area contributed by atoms with E-state index < -0.39 is 23.9 Å². The summed E-state index contributed by atoms with van der Waals surface area (Å²) in [7, 11) is 0. The van der Waals surface area contributed by atoms with Crippen LogP contribution >= 0.6 is 11.3 Å². The Bertz CT molecular complexity index is 963. The highest BCUT2D eigenvalue weighted by molar-refractivity contribution is 7.12. The molecule has 0 bridgehead atoms. The van der Waals surface area contributed by atoms with Crippen molar-refractivity contribution < 1.29 is 19.1 Å². The van der Waals surface area contributed by atoms with Gasteiger partial charge in [0.1, 0.15) is 12.6 Å². The molecule has 0 aliphatic rings. The normalized spacial score (nSPS) is 11.2. The summed E-state index contributed by atoms with van der Waals surface area (Å²) in [4.78, 5) is 37.4. The van der Waals surface area contributed by atoms with Crippen molar-refractivity contribution in [3.63, 3.8) is 0 Å². The predicted molar refractivity (Wildman–Crippen MR) is 114 cm³/mol. The van der Waals surface area contributed by atoms with Crippen LogP contribution in [0.5, 0.6) is 0 Å². The Balaban J connectivity index is 1.59. The minimum absolute atomic E-state index is 0.0848. The van der Waals surface area contributed by atoms with E-state index in [9.17, 15) is 14.4 Å². The molecule has 2 aromatic carbocycles. The van der Waals surface area contributed by atoms with Crippen LogP contribution in [0.15, 0.2) is 78.2 Å². The number of carbonyl (C=O) groups is 3. The number of hydrogen-bond donors (Lipinski definition) is 3. The number of carbonyl (C=O) groups excluding carboxylic acids is 3. The average molecular weight is 423 g/mol. The summed E-state index contributed by atoms with van der Waals surface area (Å²) < 4.78 is 5.22. The van der Waals surface area contributed by atoms with E-state index in [1.165, 1.54) is 11.3 Å². The second-order valence-electron chi connectivity index (χ2n) is 6.37. The zero-order chi connectivity index (χ0) is 21.2. The lowest BCUT2D eigenvalue weighted by Gasteiger charge is -2.18. The van der Waals surface area contributed by atoms with Gasteiger partial charge in [0.15, 0.2) is 0 Å². The van der Waals surface area contributed by atoms with Gasteiger partial charge in [0.25, 0.3) is 11.8 Å². The molecule has 1 aromatic heterocycles. The Morgan fingerprint density at radius 3 is 2.13 bits per heavy atom. The maximum Gasteiger partial charge on any atom is 0.408 e. The molecule has 0 radical (unpaired) electrons. The van der Waals surface area contributed by atoms with Crippen molar-refractivity contribution in [2.24, 2.45) is 0 Å². The molecule has 30 heavy (non-hydrogen) atoms. The number of hydrogen-bond acceptors (Lipinski definition) is 5. The number of ether oxygens (including phenoxy) is 1. The molecule has 0 aliphatic heterocycles. The highest BCUT2D eigenvalue weighted by atomic mass is 32.1. The Morgan fingerprint density at radius 1 is 0.833 bits per heavy atom. The topological polar surface area (TPSA) is 96.5 Å². The number of alkyl carbamates (subject to hydrolysis) is 1. The molecule has 1 heterocycles. The lowest BCUT2D eigenvalue weighted by molar-refractivity contribution is -0.123. The van der Waals surface area contributed by atoms with Crippen LogP contribution < -0.4 is 16.2 Å². The summed E-state index contributed by atoms with van der Waals surface area (Å²) in [5.41, 5.74) is 6.42. The zero-order valence-corrected chi connectivity index (χ0v) is 16.9. The maximum atomic E-state index is 12.6. The molecule has 0 aliphatic carbocycles. The van der Waals surface area contributed by atoms with Crippen molar-refractivity contribution in [2.45, 2.75) is 19.1 Å². The third-order valence-corrected chi connectivity index (χ3v) is 5.02. The quantitative estimate of drug-likeness (QED) is 0.509. The first kappa shape index (κ1) is 21.1. The lowest BCUT2D eigenvalue weighted by Crippen LogP contribution is -2.53. The first-order valence-corrected chi connectivity index (χ1v) is 10.1. The first-order valence-electron chi connectivity index (χ1n) is 9.26. The fourth-order valence-corrected chi connectivity index (χ4v) is 3.26. The van der Waals surface area contributed by atoms with Crippen LogP contribution in [-0.4, -0.2) is 23.9 Å². The molecule has 8 heteroatoms. The van der Waals surface area contributed by atoms with E-state index in [4.69, 9.17) is 4.74 Å². The number of amides is 3. The zero-order valence-electron chi connectivity index (χ0n) is 16.0. The molecule has 0 unspecified atom stereocenters. The number of hydrazine groups is 1. The van der Waals surface area contributed by atoms with Gasteiger partial charge in [0.05, 0.1) is 4.88 Å². The van der Waals surface area contributed by atoms with E-state index in [2.05, 4.69) is 16.2 Å². The van der Waals surface area contributed by atoms with Gasteiger partial charge in [-0.1, -0.05) is 66.7 Å². The highest BCUT2D eigenvalue weighted by Crippen LogP contribution is 2.08. The van der Waals surface area contributed by atoms with Crippen molar-refractivity contribution in [1.29, 1.82) is 0 Å². The SMILES string of the molecule is O=C(N[C@@H](Cc1ccccc1)C(=O)NNC(=O)c1cccs1)OCc1ccccc1. The van der Waals surface area contributed by atoms with Gasteiger partial charge in [-0.2, -0.15) is 0 Å². The van der Waals surface area contributed by atoms with E-state index in [1.807, 2.05) is 60.7 Å². The van der Waals surface area contributed by atoms with Gasteiger partial charge in [-0.25, -0.2) is 4.79 Å². The standard InChI is InChI=1S/C22H21N3O4S/c26-20(24-25-21(27)19-12-7-13-30-19)18(14-16-8-3-1-4-9-16)23-22(28)29-15-17-10-5-2-6-11-17/h1-13,18H,14-15H2,(H,23,28)(H,24,26)(H,25,27)/t18-/m0/s1. The van der Waals surface area contributed by atoms with Crippen LogP contribution in [0.3, 0.4) is 0 Å². The summed E-state index contributed by atoms with van der Waals surface area (Å²) >= 11 is 1.26. The van der Waals surface area contributed by atoms with Gasteiger partial charge in [-0.3, -0.25) is 20.4 Å². The molecule has 0 saturated carbocycles. The number of thiophene rings is 1. The molecule has 3 N–H and O–H groups in total. The van der Waals surface area contributed by atoms with E-state index in [-0.39, 0.29) is 13.0 Å². The molecule has 0 saturated heterocycles. The lowest BCUT2D eigenvalue weighted by atomic mass is 10.1. The van der Waals surface area contributed by atoms with Gasteiger partial charge in [-0.15, -0.1) is 11.3 Å². The molecular weight excluding hydrogens is 402 g/mol. The molecule has 1 atom stereocenters. The summed E-state index contributed by atoms with van der Waals surface area (Å²) in [6.45, 7) is 0.0848. The van der Waals surface area contributed by atoms with Crippen LogP contribution in [0.2, 0.25) is 0 Å². The van der Waals surface area contributed by atoms with Gasteiger partial charge in [0.2, 0.25) is 0 Å². The van der Waals surface area contributed by atoms with Gasteiger partial charge in [0, 0.05) is 6.42 Å². The molecule has 0 fully saturated rings. The van der Waals surface area contributed by atoms with Gasteiger partial charge in [-0.05, 0) is 22.6 Å². The number of benzene rings is 2. The smallest absolute Gasteiger partial charge is 0.408 e. The Morgan fingerprint density at radius 2 is 1.50 bits per heavy atom. The van der Waals surface area contributed by atoms with E-state index >= 15 is 0 Å². The maximum absolute atomic E-state index is 12.6. The molecule has 3 amide bonds. The largest absolute Gasteiger partial charge is 0.445 e. The number of nitrogens with one attached hydrogen (secondary N) is 3. The molecule has 154 valence electrons. The monoisotopic (exact) mass is 423 g/mol. The fourth-order valence-electron chi connectivity index (χ4n) is 2.64. The minimum Gasteiger partial charge on any atom is -0.445 e. The molecule has 3 rings (SSSR count). The summed E-state index contributed by atoms with van der Waals surface area (Å²) in [5, 5.41) is 4.34. The minimum atomic E-state index is -0.931. The van der Waals surface area contributed by atoms with Crippen LogP contribution in [-0.2, 0) is 22.6 Å². The van der Waals surface area contributed by atoms with E-state index in [0.717, 1.165) is 11.1 Å².